The molecule has 1 aromatic carbocycles. The first-order valence-corrected chi connectivity index (χ1v) is 6.12. The largest absolute Gasteiger partial charge is 0.388 e. The average molecular weight is 215 g/mol. The van der Waals surface area contributed by atoms with E-state index in [4.69, 9.17) is 0 Å². The van der Waals surface area contributed by atoms with E-state index in [1.807, 2.05) is 18.8 Å². The van der Waals surface area contributed by atoms with Gasteiger partial charge in [-0.3, -0.25) is 0 Å². The monoisotopic (exact) mass is 215 g/mol. The molecule has 3 rings (SSSR count). The Morgan fingerprint density at radius 2 is 2.20 bits per heavy atom. The van der Waals surface area contributed by atoms with Crippen molar-refractivity contribution in [3.63, 3.8) is 0 Å². The predicted octanol–water partition coefficient (Wildman–Crippen LogP) is 3.05. The summed E-state index contributed by atoms with van der Waals surface area (Å²) in [6.45, 7) is 0. The maximum Gasteiger partial charge on any atom is 0.0387 e. The summed E-state index contributed by atoms with van der Waals surface area (Å²) in [7, 11) is 1.98. The molecule has 2 heteroatoms. The van der Waals surface area contributed by atoms with Gasteiger partial charge in [-0.05, 0) is 29.7 Å². The van der Waals surface area contributed by atoms with Crippen molar-refractivity contribution in [1.82, 2.24) is 5.32 Å². The molecule has 1 aromatic rings. The molecule has 76 valence electrons. The number of allylic oxidation sites excluding steroid dienone is 2. The summed E-state index contributed by atoms with van der Waals surface area (Å²) in [5.41, 5.74) is 4.16. The van der Waals surface area contributed by atoms with Gasteiger partial charge >= 0.3 is 0 Å². The number of nitrogens with one attached hydrogen (secondary N) is 1. The Hall–Kier alpha value is -1.15. The molecule has 0 fully saturated rings. The molecule has 0 aromatic heterocycles. The molecular weight excluding hydrogens is 202 g/mol. The Morgan fingerprint density at radius 1 is 1.33 bits per heavy atom. The highest BCUT2D eigenvalue weighted by molar-refractivity contribution is 8.00. The van der Waals surface area contributed by atoms with Gasteiger partial charge in [-0.15, -0.1) is 11.8 Å². The van der Waals surface area contributed by atoms with Crippen molar-refractivity contribution in [2.24, 2.45) is 0 Å². The van der Waals surface area contributed by atoms with Crippen molar-refractivity contribution in [3.8, 4) is 0 Å². The molecule has 0 saturated heterocycles. The van der Waals surface area contributed by atoms with Gasteiger partial charge in [-0.25, -0.2) is 0 Å². The number of thioether (sulfide) groups is 1. The molecule has 1 nitrogen and oxygen atoms in total. The molecule has 0 spiro atoms. The zero-order valence-electron chi connectivity index (χ0n) is 8.66. The van der Waals surface area contributed by atoms with Gasteiger partial charge < -0.3 is 5.32 Å². The van der Waals surface area contributed by atoms with Crippen LogP contribution in [0.15, 0.2) is 47.0 Å². The van der Waals surface area contributed by atoms with Crippen molar-refractivity contribution >= 4 is 17.3 Å². The van der Waals surface area contributed by atoms with Crippen LogP contribution < -0.4 is 5.32 Å². The first-order valence-electron chi connectivity index (χ1n) is 5.24. The topological polar surface area (TPSA) is 12.0 Å². The van der Waals surface area contributed by atoms with Crippen LogP contribution in [0.1, 0.15) is 12.0 Å². The summed E-state index contributed by atoms with van der Waals surface area (Å²) >= 11 is 1.99. The number of benzene rings is 1. The molecule has 1 heterocycles. The third-order valence-electron chi connectivity index (χ3n) is 2.97. The quantitative estimate of drug-likeness (QED) is 0.772. The van der Waals surface area contributed by atoms with E-state index in [0.717, 1.165) is 6.42 Å². The second-order valence-corrected chi connectivity index (χ2v) is 5.09. The molecule has 1 aliphatic carbocycles. The van der Waals surface area contributed by atoms with Crippen LogP contribution in [0.2, 0.25) is 0 Å². The van der Waals surface area contributed by atoms with E-state index in [0.29, 0.717) is 5.25 Å². The molecule has 0 saturated carbocycles. The van der Waals surface area contributed by atoms with E-state index < -0.39 is 0 Å². The third-order valence-corrected chi connectivity index (χ3v) is 4.31. The van der Waals surface area contributed by atoms with Crippen LogP contribution in [0, 0.1) is 0 Å². The highest BCUT2D eigenvalue weighted by Crippen LogP contribution is 2.47. The highest BCUT2D eigenvalue weighted by atomic mass is 32.2. The SMILES string of the molecule is CNC1=CCC2Sc3ccccc3C2=C1. The first-order chi connectivity index (χ1) is 7.38. The summed E-state index contributed by atoms with van der Waals surface area (Å²) in [6, 6.07) is 8.70. The fourth-order valence-electron chi connectivity index (χ4n) is 2.18. The van der Waals surface area contributed by atoms with Crippen molar-refractivity contribution in [3.05, 3.63) is 47.7 Å². The van der Waals surface area contributed by atoms with Crippen LogP contribution in [-0.4, -0.2) is 12.3 Å². The van der Waals surface area contributed by atoms with Gasteiger partial charge in [0.25, 0.3) is 0 Å². The van der Waals surface area contributed by atoms with E-state index in [9.17, 15) is 0 Å². The number of fused-ring (bicyclic) bond motifs is 3. The Bertz CT molecular complexity index is 459. The molecule has 1 unspecified atom stereocenters. The minimum Gasteiger partial charge on any atom is -0.388 e. The van der Waals surface area contributed by atoms with Gasteiger partial charge in [0.1, 0.15) is 0 Å². The van der Waals surface area contributed by atoms with E-state index in [2.05, 4.69) is 41.7 Å². The molecule has 1 aliphatic heterocycles. The Labute approximate surface area is 94.3 Å². The van der Waals surface area contributed by atoms with Crippen molar-refractivity contribution in [1.29, 1.82) is 0 Å². The van der Waals surface area contributed by atoms with E-state index in [1.54, 1.807) is 0 Å². The normalized spacial score (nSPS) is 22.6. The van der Waals surface area contributed by atoms with Gasteiger partial charge in [0.2, 0.25) is 0 Å². The second-order valence-electron chi connectivity index (χ2n) is 3.85. The Morgan fingerprint density at radius 3 is 3.07 bits per heavy atom. The zero-order valence-corrected chi connectivity index (χ0v) is 9.47. The fraction of sp³-hybridized carbons (Fsp3) is 0.231. The van der Waals surface area contributed by atoms with Gasteiger partial charge in [0.05, 0.1) is 0 Å². The fourth-order valence-corrected chi connectivity index (χ4v) is 3.47. The number of hydrogen-bond acceptors (Lipinski definition) is 2. The second kappa shape index (κ2) is 3.46. The summed E-state index contributed by atoms with van der Waals surface area (Å²) in [5, 5.41) is 3.86. The summed E-state index contributed by atoms with van der Waals surface area (Å²) in [5.74, 6) is 0. The highest BCUT2D eigenvalue weighted by Gasteiger charge is 2.28. The molecule has 2 aliphatic rings. The van der Waals surface area contributed by atoms with Crippen molar-refractivity contribution in [2.45, 2.75) is 16.6 Å². The summed E-state index contributed by atoms with van der Waals surface area (Å²) in [4.78, 5) is 1.43. The summed E-state index contributed by atoms with van der Waals surface area (Å²) < 4.78 is 0. The van der Waals surface area contributed by atoms with E-state index in [1.165, 1.54) is 21.7 Å². The lowest BCUT2D eigenvalue weighted by Crippen LogP contribution is -2.11. The maximum atomic E-state index is 3.22. The van der Waals surface area contributed by atoms with Crippen molar-refractivity contribution < 1.29 is 0 Å². The zero-order chi connectivity index (χ0) is 10.3. The molecule has 0 bridgehead atoms. The van der Waals surface area contributed by atoms with Crippen LogP contribution in [0.5, 0.6) is 0 Å². The Kier molecular flexibility index (Phi) is 2.10. The maximum absolute atomic E-state index is 3.22. The molecule has 0 radical (unpaired) electrons. The van der Waals surface area contributed by atoms with Crippen LogP contribution >= 0.6 is 11.8 Å². The molecule has 1 atom stereocenters. The Balaban J connectivity index is 2.08. The number of rotatable bonds is 1. The molecule has 15 heavy (non-hydrogen) atoms. The van der Waals surface area contributed by atoms with Crippen LogP contribution in [-0.2, 0) is 0 Å². The van der Waals surface area contributed by atoms with Gasteiger partial charge in [-0.2, -0.15) is 0 Å². The smallest absolute Gasteiger partial charge is 0.0387 e. The van der Waals surface area contributed by atoms with E-state index >= 15 is 0 Å². The van der Waals surface area contributed by atoms with Crippen LogP contribution in [0.4, 0.5) is 0 Å². The molecule has 0 amide bonds. The minimum atomic E-state index is 0.638. The number of hydrogen-bond donors (Lipinski definition) is 1. The number of likely N-dealkylation sites (N-methyl/N-ethyl adjacent to an activating group) is 1. The lowest BCUT2D eigenvalue weighted by Gasteiger charge is -2.16. The van der Waals surface area contributed by atoms with Gasteiger partial charge in [0, 0.05) is 22.9 Å². The standard InChI is InChI=1S/C13H13NS/c1-14-9-6-7-13-11(8-9)10-4-2-3-5-12(10)15-13/h2-6,8,13-14H,7H2,1H3. The third kappa shape index (κ3) is 1.40. The average Bonchev–Trinajstić information content (AvgIpc) is 2.66. The lowest BCUT2D eigenvalue weighted by atomic mass is 9.96. The lowest BCUT2D eigenvalue weighted by molar-refractivity contribution is 0.966. The van der Waals surface area contributed by atoms with Gasteiger partial charge in [-0.1, -0.05) is 24.3 Å². The van der Waals surface area contributed by atoms with E-state index in [-0.39, 0.29) is 0 Å². The predicted molar refractivity (Wildman–Crippen MR) is 65.8 cm³/mol. The molecule has 1 N–H and O–H groups in total. The van der Waals surface area contributed by atoms with Gasteiger partial charge in [0.15, 0.2) is 0 Å². The molecular formula is C13H13NS. The summed E-state index contributed by atoms with van der Waals surface area (Å²) in [6.07, 6.45) is 5.71. The first kappa shape index (κ1) is 9.10. The van der Waals surface area contributed by atoms with Crippen LogP contribution in [0.3, 0.4) is 0 Å². The van der Waals surface area contributed by atoms with Crippen molar-refractivity contribution in [2.75, 3.05) is 7.05 Å². The minimum absolute atomic E-state index is 0.638. The van der Waals surface area contributed by atoms with Crippen LogP contribution in [0.25, 0.3) is 5.57 Å².